The maximum absolute atomic E-state index is 4.39. The van der Waals surface area contributed by atoms with E-state index in [0.29, 0.717) is 0 Å². The van der Waals surface area contributed by atoms with Gasteiger partial charge in [-0.15, -0.1) is 0 Å². The van der Waals surface area contributed by atoms with Crippen molar-refractivity contribution in [3.63, 3.8) is 0 Å². The Labute approximate surface area is 415 Å². The molecule has 10 heteroatoms. The molecule has 5 aromatic heterocycles. The number of nitrogens with zero attached hydrogens (tertiary/aromatic N) is 10. The van der Waals surface area contributed by atoms with Crippen molar-refractivity contribution in [3.8, 4) is 0 Å². The molecule has 10 rings (SSSR count). The van der Waals surface area contributed by atoms with Crippen LogP contribution in [0.2, 0.25) is 0 Å². The van der Waals surface area contributed by atoms with Crippen molar-refractivity contribution >= 4 is 54.8 Å². The lowest BCUT2D eigenvalue weighted by Crippen LogP contribution is -2.12. The lowest BCUT2D eigenvalue weighted by molar-refractivity contribution is 0.590. The van der Waals surface area contributed by atoms with Gasteiger partial charge in [0.25, 0.3) is 0 Å². The van der Waals surface area contributed by atoms with E-state index in [0.717, 1.165) is 54.8 Å². The van der Waals surface area contributed by atoms with Crippen molar-refractivity contribution in [2.75, 3.05) is 0 Å². The molecule has 0 radical (unpaired) electrons. The first-order chi connectivity index (χ1) is 32.9. The van der Waals surface area contributed by atoms with Gasteiger partial charge in [-0.3, -0.25) is 19.9 Å². The molecule has 5 aromatic carbocycles. The van der Waals surface area contributed by atoms with Crippen LogP contribution in [0.1, 0.15) is 132 Å². The zero-order valence-electron chi connectivity index (χ0n) is 43.9. The van der Waals surface area contributed by atoms with Crippen LogP contribution in [-0.4, -0.2) is 49.8 Å². The van der Waals surface area contributed by atoms with Gasteiger partial charge in [0.15, 0.2) is 0 Å². The molecule has 0 aliphatic rings. The van der Waals surface area contributed by atoms with Crippen molar-refractivity contribution in [2.24, 2.45) is 0 Å². The molecular weight excluding hydrogens is 861 g/mol. The van der Waals surface area contributed by atoms with Gasteiger partial charge in [0, 0.05) is 59.5 Å². The van der Waals surface area contributed by atoms with Gasteiger partial charge in [0.05, 0.1) is 38.6 Å². The molecule has 0 aliphatic carbocycles. The minimum absolute atomic E-state index is 0.121. The fourth-order valence-electron chi connectivity index (χ4n) is 7.54. The third-order valence-electron chi connectivity index (χ3n) is 11.7. The first kappa shape index (κ1) is 52.2. The Bertz CT molecular complexity index is 2980. The molecule has 5 heterocycles. The second kappa shape index (κ2) is 21.6. The van der Waals surface area contributed by atoms with Gasteiger partial charge >= 0.3 is 0 Å². The third-order valence-corrected chi connectivity index (χ3v) is 11.7. The van der Waals surface area contributed by atoms with Gasteiger partial charge in [-0.2, -0.15) is 0 Å². The van der Waals surface area contributed by atoms with Crippen molar-refractivity contribution in [2.45, 2.75) is 131 Å². The number of aromatic nitrogens is 10. The summed E-state index contributed by atoms with van der Waals surface area (Å²) >= 11 is 0. The molecule has 0 bridgehead atoms. The molecule has 10 nitrogen and oxygen atoms in total. The number of para-hydroxylation sites is 2. The molecule has 0 saturated heterocycles. The van der Waals surface area contributed by atoms with Crippen LogP contribution in [0.3, 0.4) is 0 Å². The Morgan fingerprint density at radius 1 is 0.286 bits per heavy atom. The zero-order chi connectivity index (χ0) is 50.9. The summed E-state index contributed by atoms with van der Waals surface area (Å²) in [6.07, 6.45) is 17.3. The Kier molecular flexibility index (Phi) is 16.1. The van der Waals surface area contributed by atoms with Crippen LogP contribution in [0.15, 0.2) is 153 Å². The molecular formula is C60H70N10. The first-order valence-corrected chi connectivity index (χ1v) is 23.9. The normalized spacial score (nSPS) is 11.9. The highest BCUT2D eigenvalue weighted by Gasteiger charge is 2.19. The van der Waals surface area contributed by atoms with E-state index in [2.05, 4.69) is 220 Å². The molecule has 0 N–H and O–H groups in total. The number of rotatable bonds is 0. The molecule has 0 amide bonds. The molecule has 0 aliphatic heterocycles. The van der Waals surface area contributed by atoms with E-state index < -0.39 is 0 Å². The minimum atomic E-state index is 0.121. The topological polar surface area (TPSA) is 129 Å². The van der Waals surface area contributed by atoms with Gasteiger partial charge in [-0.05, 0) is 91.3 Å². The van der Waals surface area contributed by atoms with Crippen LogP contribution in [0, 0.1) is 0 Å². The van der Waals surface area contributed by atoms with Crippen LogP contribution in [0.5, 0.6) is 0 Å². The molecule has 0 spiro atoms. The van der Waals surface area contributed by atoms with Crippen molar-refractivity contribution < 1.29 is 0 Å². The monoisotopic (exact) mass is 931 g/mol. The minimum Gasteiger partial charge on any atom is -0.253 e. The Morgan fingerprint density at radius 2 is 0.729 bits per heavy atom. The lowest BCUT2D eigenvalue weighted by atomic mass is 9.86. The highest BCUT2D eigenvalue weighted by atomic mass is 14.8. The number of hydrogen-bond donors (Lipinski definition) is 0. The molecule has 0 atom stereocenters. The molecule has 70 heavy (non-hydrogen) atoms. The van der Waals surface area contributed by atoms with Crippen LogP contribution in [0.25, 0.3) is 54.8 Å². The average molecular weight is 931 g/mol. The van der Waals surface area contributed by atoms with Crippen LogP contribution in [0.4, 0.5) is 0 Å². The highest BCUT2D eigenvalue weighted by Crippen LogP contribution is 2.30. The van der Waals surface area contributed by atoms with Crippen molar-refractivity contribution in [1.29, 1.82) is 0 Å². The van der Waals surface area contributed by atoms with Crippen LogP contribution in [-0.2, 0) is 27.1 Å². The molecule has 0 saturated carbocycles. The van der Waals surface area contributed by atoms with E-state index in [-0.39, 0.29) is 27.1 Å². The fraction of sp³-hybridized carbons (Fsp3) is 0.333. The Morgan fingerprint density at radius 3 is 1.33 bits per heavy atom. The maximum Gasteiger partial charge on any atom is 0.116 e. The summed E-state index contributed by atoms with van der Waals surface area (Å²) in [5, 5.41) is 3.32. The van der Waals surface area contributed by atoms with Crippen molar-refractivity contribution in [3.05, 3.63) is 181 Å². The third kappa shape index (κ3) is 14.0. The first-order valence-electron chi connectivity index (χ1n) is 23.9. The summed E-state index contributed by atoms with van der Waals surface area (Å²) < 4.78 is 0. The van der Waals surface area contributed by atoms with Crippen molar-refractivity contribution in [1.82, 2.24) is 49.8 Å². The van der Waals surface area contributed by atoms with Gasteiger partial charge in [0.2, 0.25) is 0 Å². The fourth-order valence-corrected chi connectivity index (χ4v) is 7.54. The van der Waals surface area contributed by atoms with E-state index in [9.17, 15) is 0 Å². The van der Waals surface area contributed by atoms with E-state index in [1.165, 1.54) is 27.8 Å². The second-order valence-electron chi connectivity index (χ2n) is 22.6. The predicted octanol–water partition coefficient (Wildman–Crippen LogP) is 14.6. The molecule has 10 aromatic rings. The highest BCUT2D eigenvalue weighted by molar-refractivity contribution is 5.82. The van der Waals surface area contributed by atoms with E-state index >= 15 is 0 Å². The number of fused-ring (bicyclic) bond motifs is 5. The summed E-state index contributed by atoms with van der Waals surface area (Å²) in [6.45, 7) is 33.0. The quantitative estimate of drug-likeness (QED) is 0.145. The molecule has 0 fully saturated rings. The summed E-state index contributed by atoms with van der Waals surface area (Å²) in [4.78, 5) is 42.0. The maximum atomic E-state index is 4.39. The molecule has 0 unspecified atom stereocenters. The van der Waals surface area contributed by atoms with Gasteiger partial charge in [-0.25, -0.2) is 29.9 Å². The SMILES string of the molecule is CC(C)(C)c1ccc2cncnc2c1.CC(C)(C)c1ccc2nccnc2c1.CC(C)(C)c1ccc2ncncc2c1.CC(C)(C)c1cccc2cncnc12.CC(C)(C)c1cccc2nccnc12. The lowest BCUT2D eigenvalue weighted by Gasteiger charge is -2.20. The smallest absolute Gasteiger partial charge is 0.116 e. The average Bonchev–Trinajstić information content (AvgIpc) is 3.32. The Hall–Kier alpha value is -7.20. The van der Waals surface area contributed by atoms with E-state index in [1.54, 1.807) is 43.8 Å². The van der Waals surface area contributed by atoms with Gasteiger partial charge in [-0.1, -0.05) is 158 Å². The zero-order valence-corrected chi connectivity index (χ0v) is 43.9. The number of benzene rings is 5. The second-order valence-corrected chi connectivity index (χ2v) is 22.6. The summed E-state index contributed by atoms with van der Waals surface area (Å²) in [5.74, 6) is 0. The van der Waals surface area contributed by atoms with Crippen LogP contribution >= 0.6 is 0 Å². The number of hydrogen-bond acceptors (Lipinski definition) is 10. The molecule has 360 valence electrons. The Balaban J connectivity index is 0.000000143. The van der Waals surface area contributed by atoms with E-state index in [4.69, 9.17) is 0 Å². The summed E-state index contributed by atoms with van der Waals surface area (Å²) in [7, 11) is 0. The summed E-state index contributed by atoms with van der Waals surface area (Å²) in [5.41, 5.74) is 14.3. The standard InChI is InChI=1S/5C12H14N2/c1-12(2,3)10-4-5-11-9(6-10)7-13-8-14-11;1-12(2,3)10-5-4-9-7-13-8-14-11(9)6-10;1-12(2,3)9-4-5-10-11(8-9)14-7-6-13-10;1-12(2,3)10-6-4-5-9-7-13-8-14-11(9)10;1-12(2,3)9-5-4-6-10-11(9)14-8-7-13-10/h5*4-8H,1-3H3. The van der Waals surface area contributed by atoms with Crippen LogP contribution < -0.4 is 0 Å². The summed E-state index contributed by atoms with van der Waals surface area (Å²) in [6, 6.07) is 31.4. The van der Waals surface area contributed by atoms with E-state index in [1.807, 2.05) is 42.9 Å². The predicted molar refractivity (Wildman–Crippen MR) is 291 cm³/mol. The van der Waals surface area contributed by atoms with Gasteiger partial charge in [0.1, 0.15) is 19.0 Å². The van der Waals surface area contributed by atoms with Gasteiger partial charge < -0.3 is 0 Å². The largest absolute Gasteiger partial charge is 0.253 e.